The van der Waals surface area contributed by atoms with E-state index in [1.165, 1.54) is 31.4 Å². The minimum Gasteiger partial charge on any atom is -0.495 e. The number of aliphatic imine (C=N–C) groups is 1. The largest absolute Gasteiger partial charge is 0.495 e. The monoisotopic (exact) mass is 693 g/mol. The van der Waals surface area contributed by atoms with Crippen molar-refractivity contribution in [1.82, 2.24) is 10.3 Å². The second-order valence-electron chi connectivity index (χ2n) is 12.0. The summed E-state index contributed by atoms with van der Waals surface area (Å²) < 4.78 is 39.8. The van der Waals surface area contributed by atoms with E-state index in [-0.39, 0.29) is 51.8 Å². The average molecular weight is 695 g/mol. The molecular formula is C35H31Cl2F2N5O4. The Morgan fingerprint density at radius 3 is 2.54 bits per heavy atom. The predicted octanol–water partition coefficient (Wildman–Crippen LogP) is 6.20. The number of nitrogens with one attached hydrogen (secondary N) is 1. The highest BCUT2D eigenvalue weighted by Gasteiger charge is 2.44. The van der Waals surface area contributed by atoms with Crippen LogP contribution in [-0.2, 0) is 10.2 Å². The Balaban J connectivity index is 1.44. The van der Waals surface area contributed by atoms with Crippen LogP contribution in [0.3, 0.4) is 0 Å². The van der Waals surface area contributed by atoms with Gasteiger partial charge in [-0.15, -0.1) is 0 Å². The van der Waals surface area contributed by atoms with Crippen LogP contribution < -0.4 is 26.3 Å². The van der Waals surface area contributed by atoms with Crippen LogP contribution in [0.5, 0.6) is 11.5 Å². The molecule has 0 bridgehead atoms. The number of ether oxygens (including phenoxy) is 2. The molecule has 1 aliphatic carbocycles. The third kappa shape index (κ3) is 6.27. The number of aromatic nitrogens is 1. The molecule has 0 radical (unpaired) electrons. The smallest absolute Gasteiger partial charge is 0.251 e. The molecule has 5 N–H and O–H groups in total. The number of nitrogens with two attached hydrogens (primary N) is 2. The molecule has 0 saturated heterocycles. The Morgan fingerprint density at radius 1 is 1.15 bits per heavy atom. The normalized spacial score (nSPS) is 17.5. The summed E-state index contributed by atoms with van der Waals surface area (Å²) >= 11 is 12.7. The third-order valence-electron chi connectivity index (χ3n) is 8.65. The molecule has 0 spiro atoms. The molecule has 48 heavy (non-hydrogen) atoms. The summed E-state index contributed by atoms with van der Waals surface area (Å²) in [6, 6.07) is 13.4. The number of nitrogen functional groups attached to an aromatic ring is 1. The summed E-state index contributed by atoms with van der Waals surface area (Å²) in [5, 5.41) is 2.53. The van der Waals surface area contributed by atoms with E-state index in [1.54, 1.807) is 37.4 Å². The summed E-state index contributed by atoms with van der Waals surface area (Å²) in [4.78, 5) is 35.8. The number of primary amides is 1. The van der Waals surface area contributed by atoms with Crippen molar-refractivity contribution >= 4 is 46.9 Å². The number of benzene rings is 3. The van der Waals surface area contributed by atoms with E-state index < -0.39 is 34.8 Å². The number of methoxy groups -OCH3 is 1. The highest BCUT2D eigenvalue weighted by atomic mass is 35.5. The molecule has 2 atom stereocenters. The Kier molecular flexibility index (Phi) is 9.02. The Hall–Kier alpha value is -4.74. The van der Waals surface area contributed by atoms with Crippen molar-refractivity contribution in [3.8, 4) is 22.8 Å². The van der Waals surface area contributed by atoms with E-state index in [0.29, 0.717) is 33.8 Å². The lowest BCUT2D eigenvalue weighted by atomic mass is 9.81. The van der Waals surface area contributed by atoms with Gasteiger partial charge < -0.3 is 26.3 Å². The number of fused-ring (bicyclic) bond motifs is 1. The molecule has 3 aromatic carbocycles. The molecule has 1 fully saturated rings. The van der Waals surface area contributed by atoms with E-state index in [4.69, 9.17) is 49.1 Å². The topological polar surface area (TPSA) is 142 Å². The average Bonchev–Trinajstić information content (AvgIpc) is 3.84. The number of pyridine rings is 1. The van der Waals surface area contributed by atoms with Crippen molar-refractivity contribution < 1.29 is 27.8 Å². The van der Waals surface area contributed by atoms with E-state index >= 15 is 0 Å². The standard InChI is InChI=1S/C35H31Cl2F2N5O4/c1-35(34(41)46)16-48-32-24(35)13-26(44-31(32)22-9-10-25(39)29(37)28(22)36)23(17-3-5-20(38)6-4-17)15-43-33(45)18-11-19(14-42-21-7-8-21)30(40)27(12-18)47-2/h3-6,9-14,21,23H,7-8,15-16,40H2,1-2H3,(H2,41,46)(H,43,45)/t23-,35-/m0/s1. The summed E-state index contributed by atoms with van der Waals surface area (Å²) in [6.45, 7) is 1.55. The lowest BCUT2D eigenvalue weighted by molar-refractivity contribution is -0.123. The number of halogens is 4. The van der Waals surface area contributed by atoms with Crippen LogP contribution in [0.25, 0.3) is 11.3 Å². The molecule has 248 valence electrons. The van der Waals surface area contributed by atoms with Gasteiger partial charge in [-0.1, -0.05) is 35.3 Å². The van der Waals surface area contributed by atoms with Gasteiger partial charge in [-0.25, -0.2) is 13.8 Å². The minimum absolute atomic E-state index is 0.0140. The van der Waals surface area contributed by atoms with Crippen LogP contribution in [0.15, 0.2) is 59.6 Å². The molecule has 9 nitrogen and oxygen atoms in total. The van der Waals surface area contributed by atoms with Crippen LogP contribution >= 0.6 is 23.2 Å². The number of rotatable bonds is 10. The fourth-order valence-electron chi connectivity index (χ4n) is 5.53. The highest BCUT2D eigenvalue weighted by molar-refractivity contribution is 6.43. The molecule has 6 rings (SSSR count). The molecule has 1 aliphatic heterocycles. The van der Waals surface area contributed by atoms with Crippen LogP contribution in [0.4, 0.5) is 14.5 Å². The van der Waals surface area contributed by atoms with Gasteiger partial charge in [0.25, 0.3) is 5.91 Å². The maximum Gasteiger partial charge on any atom is 0.251 e. The van der Waals surface area contributed by atoms with Crippen molar-refractivity contribution in [2.45, 2.75) is 37.1 Å². The van der Waals surface area contributed by atoms with Gasteiger partial charge >= 0.3 is 0 Å². The molecule has 1 aromatic heterocycles. The highest BCUT2D eigenvalue weighted by Crippen LogP contribution is 2.48. The van der Waals surface area contributed by atoms with Gasteiger partial charge in [-0.3, -0.25) is 14.6 Å². The molecule has 0 unspecified atom stereocenters. The zero-order chi connectivity index (χ0) is 34.3. The summed E-state index contributed by atoms with van der Waals surface area (Å²) in [7, 11) is 1.46. The fourth-order valence-corrected chi connectivity index (χ4v) is 5.93. The van der Waals surface area contributed by atoms with Crippen LogP contribution in [-0.4, -0.2) is 49.3 Å². The first-order chi connectivity index (χ1) is 22.9. The molecule has 13 heteroatoms. The summed E-state index contributed by atoms with van der Waals surface area (Å²) in [6.07, 6.45) is 3.65. The fraction of sp³-hybridized carbons (Fsp3) is 0.257. The molecule has 1 saturated carbocycles. The minimum atomic E-state index is -1.26. The first kappa shape index (κ1) is 33.2. The number of carbonyl (C=O) groups is 2. The van der Waals surface area contributed by atoms with Crippen molar-refractivity contribution in [3.63, 3.8) is 0 Å². The van der Waals surface area contributed by atoms with Crippen molar-refractivity contribution in [1.29, 1.82) is 0 Å². The Labute approximate surface area is 285 Å². The number of hydrogen-bond acceptors (Lipinski definition) is 7. The van der Waals surface area contributed by atoms with E-state index in [9.17, 15) is 18.4 Å². The van der Waals surface area contributed by atoms with Gasteiger partial charge in [-0.05, 0) is 67.8 Å². The van der Waals surface area contributed by atoms with Gasteiger partial charge in [0.15, 0.2) is 0 Å². The van der Waals surface area contributed by atoms with Crippen molar-refractivity contribution in [2.75, 3.05) is 26.0 Å². The van der Waals surface area contributed by atoms with Gasteiger partial charge in [0.2, 0.25) is 5.91 Å². The number of amides is 2. The quantitative estimate of drug-likeness (QED) is 0.103. The second-order valence-corrected chi connectivity index (χ2v) is 12.7. The number of carbonyl (C=O) groups excluding carboxylic acids is 2. The van der Waals surface area contributed by atoms with E-state index in [2.05, 4.69) is 10.3 Å². The lowest BCUT2D eigenvalue weighted by Crippen LogP contribution is -2.40. The number of nitrogens with zero attached hydrogens (tertiary/aromatic N) is 2. The lowest BCUT2D eigenvalue weighted by Gasteiger charge is -2.23. The molecule has 2 amide bonds. The zero-order valence-electron chi connectivity index (χ0n) is 26.0. The summed E-state index contributed by atoms with van der Waals surface area (Å²) in [5.41, 5.74) is 13.9. The molecular weight excluding hydrogens is 663 g/mol. The summed E-state index contributed by atoms with van der Waals surface area (Å²) in [5.74, 6) is -2.40. The predicted molar refractivity (Wildman–Crippen MR) is 180 cm³/mol. The molecule has 2 heterocycles. The van der Waals surface area contributed by atoms with Crippen LogP contribution in [0.1, 0.15) is 58.4 Å². The van der Waals surface area contributed by atoms with Crippen LogP contribution in [0, 0.1) is 11.6 Å². The zero-order valence-corrected chi connectivity index (χ0v) is 27.5. The van der Waals surface area contributed by atoms with Crippen molar-refractivity contribution in [3.05, 3.63) is 104 Å². The third-order valence-corrected chi connectivity index (χ3v) is 9.51. The maximum atomic E-state index is 14.3. The molecule has 2 aliphatic rings. The van der Waals surface area contributed by atoms with Crippen LogP contribution in [0.2, 0.25) is 10.0 Å². The first-order valence-corrected chi connectivity index (χ1v) is 15.8. The first-order valence-electron chi connectivity index (χ1n) is 15.1. The Bertz CT molecular complexity index is 1970. The van der Waals surface area contributed by atoms with Gasteiger partial charge in [0, 0.05) is 40.9 Å². The van der Waals surface area contributed by atoms with Gasteiger partial charge in [0.1, 0.15) is 40.8 Å². The SMILES string of the molecule is COc1cc(C(=O)NC[C@@H](c2ccc(F)cc2)c2cc3c(c(-c4ccc(F)c(Cl)c4Cl)n2)OC[C@]3(C)C(N)=O)cc(C=NC2CC2)c1N. The van der Waals surface area contributed by atoms with E-state index in [0.717, 1.165) is 18.9 Å². The molecule has 4 aromatic rings. The number of anilines is 1. The van der Waals surface area contributed by atoms with Crippen molar-refractivity contribution in [2.24, 2.45) is 10.7 Å². The van der Waals surface area contributed by atoms with E-state index in [1.807, 2.05) is 0 Å². The van der Waals surface area contributed by atoms with Gasteiger partial charge in [-0.2, -0.15) is 0 Å². The van der Waals surface area contributed by atoms with Gasteiger partial charge in [0.05, 0.1) is 34.6 Å². The Morgan fingerprint density at radius 2 is 1.88 bits per heavy atom. The maximum absolute atomic E-state index is 14.3. The second kappa shape index (κ2) is 13.0. The number of hydrogen-bond donors (Lipinski definition) is 3.